The molecule has 0 fully saturated rings. The summed E-state index contributed by atoms with van der Waals surface area (Å²) in [7, 11) is 0. The summed E-state index contributed by atoms with van der Waals surface area (Å²) >= 11 is 0. The van der Waals surface area contributed by atoms with Gasteiger partial charge in [-0.15, -0.1) is 0 Å². The molecule has 0 saturated heterocycles. The molecule has 0 amide bonds. The Hall–Kier alpha value is -0.850. The van der Waals surface area contributed by atoms with Gasteiger partial charge in [-0.3, -0.25) is 0 Å². The minimum absolute atomic E-state index is 0. The number of hydrogen-bond donors (Lipinski definition) is 7. The summed E-state index contributed by atoms with van der Waals surface area (Å²) < 4.78 is 0. The van der Waals surface area contributed by atoms with Gasteiger partial charge < -0.3 is 45.6 Å². The van der Waals surface area contributed by atoms with Crippen LogP contribution in [0.2, 0.25) is 0 Å². The number of aliphatic hydroxyl groups is 4. The van der Waals surface area contributed by atoms with Crippen molar-refractivity contribution in [3.8, 4) is 0 Å². The van der Waals surface area contributed by atoms with Crippen LogP contribution in [0.4, 0.5) is 0 Å². The van der Waals surface area contributed by atoms with Crippen LogP contribution in [0, 0.1) is 0 Å². The molecule has 0 aromatic heterocycles. The maximum atomic E-state index is 9.45. The van der Waals surface area contributed by atoms with Gasteiger partial charge in [0.05, 0.1) is 12.1 Å². The van der Waals surface area contributed by atoms with Crippen LogP contribution in [0.25, 0.3) is 0 Å². The van der Waals surface area contributed by atoms with Gasteiger partial charge in [0.25, 0.3) is 0 Å². The van der Waals surface area contributed by atoms with E-state index in [4.69, 9.17) is 35.7 Å². The van der Waals surface area contributed by atoms with E-state index >= 15 is 0 Å². The second-order valence-electron chi connectivity index (χ2n) is 4.04. The molecule has 0 rings (SSSR count). The zero-order chi connectivity index (χ0) is 20.6. The molecule has 0 aliphatic carbocycles. The van der Waals surface area contributed by atoms with Crippen molar-refractivity contribution >= 4 is 33.8 Å². The minimum Gasteiger partial charge on any atom is -0.547 e. The maximum Gasteiger partial charge on any atom is 1.00 e. The second kappa shape index (κ2) is 24.1. The fourth-order valence-electron chi connectivity index (χ4n) is 0. The van der Waals surface area contributed by atoms with Gasteiger partial charge >= 0.3 is 47.5 Å². The Balaban J connectivity index is -0.0000000500. The molecule has 0 aliphatic rings. The van der Waals surface area contributed by atoms with Crippen LogP contribution in [-0.2, 0) is 19.2 Å². The molecule has 12 nitrogen and oxygen atoms in total. The first kappa shape index (κ1) is 40.0. The van der Waals surface area contributed by atoms with Gasteiger partial charge in [0.2, 0.25) is 0 Å². The first-order chi connectivity index (χ1) is 10.6. The summed E-state index contributed by atoms with van der Waals surface area (Å²) in [6.45, 7) is 4.72. The standard InChI is InChI=1S/4C3H6O3.Na.H3P/c4*1-2(4)3(5)6;;/h4*2,4H,1H3,(H,5,6);;1H3/q;;;;+1;/p-1. The van der Waals surface area contributed by atoms with Crippen molar-refractivity contribution in [3.05, 3.63) is 0 Å². The van der Waals surface area contributed by atoms with E-state index in [0.29, 0.717) is 0 Å². The number of aliphatic carboxylic acids is 4. The maximum absolute atomic E-state index is 9.45. The molecule has 26 heavy (non-hydrogen) atoms. The third-order valence-electron chi connectivity index (χ3n) is 1.41. The van der Waals surface area contributed by atoms with Crippen molar-refractivity contribution in [2.24, 2.45) is 0 Å². The third-order valence-corrected chi connectivity index (χ3v) is 1.41. The summed E-state index contributed by atoms with van der Waals surface area (Å²) in [4.78, 5) is 37.7. The van der Waals surface area contributed by atoms with E-state index in [1.54, 1.807) is 0 Å². The van der Waals surface area contributed by atoms with Crippen molar-refractivity contribution in [1.82, 2.24) is 0 Å². The largest absolute Gasteiger partial charge is 1.00 e. The molecular weight excluding hydrogens is 390 g/mol. The van der Waals surface area contributed by atoms with Gasteiger partial charge in [0, 0.05) is 0 Å². The van der Waals surface area contributed by atoms with Gasteiger partial charge in [-0.05, 0) is 27.7 Å². The first-order valence-electron chi connectivity index (χ1n) is 6.19. The van der Waals surface area contributed by atoms with Crippen LogP contribution < -0.4 is 34.7 Å². The molecule has 14 heteroatoms. The monoisotopic (exact) mass is 416 g/mol. The number of hydrogen-bond acceptors (Lipinski definition) is 9. The van der Waals surface area contributed by atoms with E-state index in [9.17, 15) is 24.3 Å². The first-order valence-corrected chi connectivity index (χ1v) is 6.19. The Labute approximate surface area is 175 Å². The molecule has 152 valence electrons. The van der Waals surface area contributed by atoms with Crippen LogP contribution in [0.1, 0.15) is 27.7 Å². The third kappa shape index (κ3) is 49.5. The molecule has 0 bridgehead atoms. The van der Waals surface area contributed by atoms with Crippen molar-refractivity contribution < 1.29 is 89.6 Å². The van der Waals surface area contributed by atoms with Gasteiger partial charge in [0.1, 0.15) is 18.3 Å². The van der Waals surface area contributed by atoms with E-state index in [1.165, 1.54) is 20.8 Å². The van der Waals surface area contributed by atoms with Crippen LogP contribution >= 0.6 is 9.90 Å². The van der Waals surface area contributed by atoms with E-state index in [0.717, 1.165) is 6.92 Å². The molecule has 0 heterocycles. The number of rotatable bonds is 4. The normalized spacial score (nSPS) is 12.6. The van der Waals surface area contributed by atoms with Crippen molar-refractivity contribution in [1.29, 1.82) is 0 Å². The quantitative estimate of drug-likeness (QED) is 0.167. The van der Waals surface area contributed by atoms with E-state index in [2.05, 4.69) is 0 Å². The molecule has 5 unspecified atom stereocenters. The van der Waals surface area contributed by atoms with Crippen molar-refractivity contribution in [2.45, 2.75) is 52.1 Å². The fourth-order valence-corrected chi connectivity index (χ4v) is 0. The minimum atomic E-state index is -1.44. The van der Waals surface area contributed by atoms with Gasteiger partial charge in [0.15, 0.2) is 0 Å². The zero-order valence-corrected chi connectivity index (χ0v) is 18.6. The summed E-state index contributed by atoms with van der Waals surface area (Å²) in [5.74, 6) is -4.99. The number of carbonyl (C=O) groups is 4. The van der Waals surface area contributed by atoms with Crippen LogP contribution in [0.5, 0.6) is 0 Å². The predicted octanol–water partition coefficient (Wildman–Crippen LogP) is -6.47. The van der Waals surface area contributed by atoms with Crippen molar-refractivity contribution in [2.75, 3.05) is 0 Å². The van der Waals surface area contributed by atoms with E-state index < -0.39 is 48.3 Å². The molecule has 0 spiro atoms. The molecule has 0 aromatic carbocycles. The summed E-state index contributed by atoms with van der Waals surface area (Å²) in [6, 6.07) is 0. The van der Waals surface area contributed by atoms with E-state index in [-0.39, 0.29) is 39.5 Å². The topological polar surface area (TPSA) is 233 Å². The van der Waals surface area contributed by atoms with Crippen LogP contribution in [0.3, 0.4) is 0 Å². The van der Waals surface area contributed by atoms with E-state index in [1.807, 2.05) is 0 Å². The average molecular weight is 416 g/mol. The number of carboxylic acid groups (broad SMARTS) is 4. The molecular formula is C12H26NaO12P. The Morgan fingerprint density at radius 3 is 0.692 bits per heavy atom. The van der Waals surface area contributed by atoms with Crippen molar-refractivity contribution in [3.63, 3.8) is 0 Å². The molecule has 0 aliphatic heterocycles. The number of carbonyl (C=O) groups excluding carboxylic acids is 1. The summed E-state index contributed by atoms with van der Waals surface area (Å²) in [6.07, 6.45) is -5.04. The van der Waals surface area contributed by atoms with Gasteiger partial charge in [-0.2, -0.15) is 9.90 Å². The molecule has 0 aromatic rings. The number of aliphatic hydroxyl groups excluding tert-OH is 4. The Bertz CT molecular complexity index is 312. The Morgan fingerprint density at radius 1 is 0.615 bits per heavy atom. The second-order valence-corrected chi connectivity index (χ2v) is 4.04. The molecule has 7 N–H and O–H groups in total. The fraction of sp³-hybridized carbons (Fsp3) is 0.667. The molecule has 0 saturated carbocycles. The summed E-state index contributed by atoms with van der Waals surface area (Å²) in [5, 5.41) is 64.6. The van der Waals surface area contributed by atoms with Gasteiger partial charge in [-0.25, -0.2) is 14.4 Å². The summed E-state index contributed by atoms with van der Waals surface area (Å²) in [5.41, 5.74) is 0. The Morgan fingerprint density at radius 2 is 0.692 bits per heavy atom. The SMILES string of the molecule is CC(O)C(=O)O.CC(O)C(=O)O.CC(O)C(=O)O.CC(O)C(=O)[O-].P.[Na+]. The zero-order valence-electron chi connectivity index (χ0n) is 15.2. The molecule has 0 radical (unpaired) electrons. The number of carboxylic acids is 4. The smallest absolute Gasteiger partial charge is 0.547 e. The average Bonchev–Trinajstić information content (AvgIpc) is 2.40. The van der Waals surface area contributed by atoms with Gasteiger partial charge in [-0.1, -0.05) is 0 Å². The van der Waals surface area contributed by atoms with Crippen LogP contribution in [-0.4, -0.2) is 84.0 Å². The Kier molecular flexibility index (Phi) is 37.2. The predicted molar refractivity (Wildman–Crippen MR) is 85.7 cm³/mol. The molecule has 5 atom stereocenters. The van der Waals surface area contributed by atoms with Crippen LogP contribution in [0.15, 0.2) is 0 Å².